The Morgan fingerprint density at radius 2 is 2.05 bits per heavy atom. The zero-order valence-electron chi connectivity index (χ0n) is 13.2. The van der Waals surface area contributed by atoms with Crippen molar-refractivity contribution >= 4 is 0 Å². The maximum Gasteiger partial charge on any atom is 0.123 e. The molecule has 0 saturated heterocycles. The number of nitrogens with zero attached hydrogens (tertiary/aromatic N) is 1. The summed E-state index contributed by atoms with van der Waals surface area (Å²) < 4.78 is 5.46. The number of benzene rings is 1. The standard InChI is InChI=1S/C17H28N2O/c1-12(2)19(10-14-6-7-14)11-16(18)15-9-13(3)5-8-17(15)20-4/h5,8-9,12,14,16H,6-7,10-11,18H2,1-4H3. The Balaban J connectivity index is 2.08. The minimum atomic E-state index is 0.00556. The maximum absolute atomic E-state index is 6.45. The Labute approximate surface area is 123 Å². The minimum Gasteiger partial charge on any atom is -0.496 e. The number of ether oxygens (including phenoxy) is 1. The van der Waals surface area contributed by atoms with Crippen molar-refractivity contribution in [3.05, 3.63) is 29.3 Å². The van der Waals surface area contributed by atoms with Gasteiger partial charge in [0.15, 0.2) is 0 Å². The summed E-state index contributed by atoms with van der Waals surface area (Å²) in [6.07, 6.45) is 2.76. The van der Waals surface area contributed by atoms with E-state index in [9.17, 15) is 0 Å². The molecule has 1 atom stereocenters. The number of hydrogen-bond acceptors (Lipinski definition) is 3. The fraction of sp³-hybridized carbons (Fsp3) is 0.647. The molecule has 0 aromatic heterocycles. The molecule has 1 aromatic carbocycles. The number of aryl methyl sites for hydroxylation is 1. The highest BCUT2D eigenvalue weighted by molar-refractivity contribution is 5.39. The normalized spacial score (nSPS) is 16.8. The molecule has 0 amide bonds. The van der Waals surface area contributed by atoms with E-state index in [2.05, 4.69) is 37.8 Å². The van der Waals surface area contributed by atoms with E-state index in [0.29, 0.717) is 6.04 Å². The Kier molecular flexibility index (Phi) is 5.06. The second-order valence-electron chi connectivity index (χ2n) is 6.34. The summed E-state index contributed by atoms with van der Waals surface area (Å²) in [6.45, 7) is 8.68. The van der Waals surface area contributed by atoms with Gasteiger partial charge in [0.1, 0.15) is 5.75 Å². The molecule has 20 heavy (non-hydrogen) atoms. The molecule has 0 heterocycles. The summed E-state index contributed by atoms with van der Waals surface area (Å²) in [5.41, 5.74) is 8.80. The van der Waals surface area contributed by atoms with Gasteiger partial charge >= 0.3 is 0 Å². The third kappa shape index (κ3) is 3.97. The molecule has 0 aliphatic heterocycles. The van der Waals surface area contributed by atoms with E-state index in [4.69, 9.17) is 10.5 Å². The van der Waals surface area contributed by atoms with Gasteiger partial charge in [0, 0.05) is 30.7 Å². The van der Waals surface area contributed by atoms with Gasteiger partial charge in [-0.25, -0.2) is 0 Å². The molecule has 0 spiro atoms. The van der Waals surface area contributed by atoms with Crippen molar-refractivity contribution in [2.24, 2.45) is 11.7 Å². The summed E-state index contributed by atoms with van der Waals surface area (Å²) in [5, 5.41) is 0. The highest BCUT2D eigenvalue weighted by Gasteiger charge is 2.27. The lowest BCUT2D eigenvalue weighted by Crippen LogP contribution is -2.38. The van der Waals surface area contributed by atoms with Crippen molar-refractivity contribution in [2.75, 3.05) is 20.2 Å². The van der Waals surface area contributed by atoms with Gasteiger partial charge in [-0.2, -0.15) is 0 Å². The van der Waals surface area contributed by atoms with Crippen LogP contribution in [0, 0.1) is 12.8 Å². The van der Waals surface area contributed by atoms with Gasteiger partial charge in [-0.15, -0.1) is 0 Å². The molecule has 1 aromatic rings. The highest BCUT2D eigenvalue weighted by atomic mass is 16.5. The van der Waals surface area contributed by atoms with Crippen LogP contribution in [-0.2, 0) is 0 Å². The maximum atomic E-state index is 6.45. The smallest absolute Gasteiger partial charge is 0.123 e. The molecule has 1 aliphatic carbocycles. The van der Waals surface area contributed by atoms with Crippen molar-refractivity contribution < 1.29 is 4.74 Å². The molecule has 0 radical (unpaired) electrons. The Bertz CT molecular complexity index is 441. The van der Waals surface area contributed by atoms with Crippen molar-refractivity contribution in [1.82, 2.24) is 4.90 Å². The third-order valence-corrected chi connectivity index (χ3v) is 4.14. The average Bonchev–Trinajstić information content (AvgIpc) is 3.21. The van der Waals surface area contributed by atoms with E-state index >= 15 is 0 Å². The van der Waals surface area contributed by atoms with Crippen LogP contribution in [-0.4, -0.2) is 31.1 Å². The summed E-state index contributed by atoms with van der Waals surface area (Å²) in [5.74, 6) is 1.79. The molecule has 3 heteroatoms. The zero-order valence-corrected chi connectivity index (χ0v) is 13.2. The number of nitrogens with two attached hydrogens (primary N) is 1. The molecule has 1 fully saturated rings. The van der Waals surface area contributed by atoms with Crippen LogP contribution >= 0.6 is 0 Å². The van der Waals surface area contributed by atoms with E-state index in [1.165, 1.54) is 24.9 Å². The second-order valence-corrected chi connectivity index (χ2v) is 6.34. The predicted octanol–water partition coefficient (Wildman–Crippen LogP) is 3.12. The summed E-state index contributed by atoms with van der Waals surface area (Å²) >= 11 is 0. The summed E-state index contributed by atoms with van der Waals surface area (Å²) in [4.78, 5) is 2.50. The van der Waals surface area contributed by atoms with E-state index < -0.39 is 0 Å². The molecule has 112 valence electrons. The average molecular weight is 276 g/mol. The van der Waals surface area contributed by atoms with Gasteiger partial charge in [0.05, 0.1) is 7.11 Å². The summed E-state index contributed by atoms with van der Waals surface area (Å²) in [7, 11) is 1.71. The third-order valence-electron chi connectivity index (χ3n) is 4.14. The van der Waals surface area contributed by atoms with Crippen LogP contribution < -0.4 is 10.5 Å². The van der Waals surface area contributed by atoms with Crippen LogP contribution in [0.15, 0.2) is 18.2 Å². The van der Waals surface area contributed by atoms with E-state index in [1.54, 1.807) is 7.11 Å². The highest BCUT2D eigenvalue weighted by Crippen LogP contribution is 2.31. The van der Waals surface area contributed by atoms with Crippen LogP contribution in [0.3, 0.4) is 0 Å². The SMILES string of the molecule is COc1ccc(C)cc1C(N)CN(CC1CC1)C(C)C. The van der Waals surface area contributed by atoms with Crippen LogP contribution in [0.25, 0.3) is 0 Å². The van der Waals surface area contributed by atoms with Crippen molar-refractivity contribution in [3.63, 3.8) is 0 Å². The van der Waals surface area contributed by atoms with E-state index in [0.717, 1.165) is 23.8 Å². The van der Waals surface area contributed by atoms with Gasteiger partial charge in [0.2, 0.25) is 0 Å². The number of hydrogen-bond donors (Lipinski definition) is 1. The Morgan fingerprint density at radius 1 is 1.35 bits per heavy atom. The molecular weight excluding hydrogens is 248 g/mol. The van der Waals surface area contributed by atoms with Crippen LogP contribution in [0.2, 0.25) is 0 Å². The topological polar surface area (TPSA) is 38.5 Å². The largest absolute Gasteiger partial charge is 0.496 e. The van der Waals surface area contributed by atoms with E-state index in [-0.39, 0.29) is 6.04 Å². The molecule has 2 rings (SSSR count). The molecule has 1 saturated carbocycles. The molecule has 2 N–H and O–H groups in total. The monoisotopic (exact) mass is 276 g/mol. The molecule has 3 nitrogen and oxygen atoms in total. The van der Waals surface area contributed by atoms with Gasteiger partial charge in [-0.1, -0.05) is 17.7 Å². The first kappa shape index (κ1) is 15.3. The van der Waals surface area contributed by atoms with Crippen LogP contribution in [0.4, 0.5) is 0 Å². The second kappa shape index (κ2) is 6.59. The van der Waals surface area contributed by atoms with Gasteiger partial charge in [0.25, 0.3) is 0 Å². The molecular formula is C17H28N2O. The van der Waals surface area contributed by atoms with Gasteiger partial charge in [-0.3, -0.25) is 4.90 Å². The fourth-order valence-electron chi connectivity index (χ4n) is 2.62. The van der Waals surface area contributed by atoms with Gasteiger partial charge in [-0.05, 0) is 45.6 Å². The lowest BCUT2D eigenvalue weighted by Gasteiger charge is -2.30. The first-order valence-corrected chi connectivity index (χ1v) is 7.65. The lowest BCUT2D eigenvalue weighted by atomic mass is 10.0. The van der Waals surface area contributed by atoms with E-state index in [1.807, 2.05) is 6.07 Å². The number of methoxy groups -OCH3 is 1. The van der Waals surface area contributed by atoms with Gasteiger partial charge < -0.3 is 10.5 Å². The van der Waals surface area contributed by atoms with Crippen LogP contribution in [0.1, 0.15) is 43.9 Å². The van der Waals surface area contributed by atoms with Crippen LogP contribution in [0.5, 0.6) is 5.75 Å². The molecule has 1 aliphatic rings. The predicted molar refractivity (Wildman–Crippen MR) is 84.1 cm³/mol. The van der Waals surface area contributed by atoms with Crippen molar-refractivity contribution in [3.8, 4) is 5.75 Å². The minimum absolute atomic E-state index is 0.00556. The first-order valence-electron chi connectivity index (χ1n) is 7.65. The Hall–Kier alpha value is -1.06. The molecule has 0 bridgehead atoms. The van der Waals surface area contributed by atoms with Crippen molar-refractivity contribution in [1.29, 1.82) is 0 Å². The summed E-state index contributed by atoms with van der Waals surface area (Å²) in [6, 6.07) is 6.78. The fourth-order valence-corrected chi connectivity index (χ4v) is 2.62. The molecule has 1 unspecified atom stereocenters. The number of rotatable bonds is 7. The first-order chi connectivity index (χ1) is 9.51. The lowest BCUT2D eigenvalue weighted by molar-refractivity contribution is 0.199. The zero-order chi connectivity index (χ0) is 14.7. The Morgan fingerprint density at radius 3 is 2.60 bits per heavy atom. The quantitative estimate of drug-likeness (QED) is 0.831. The van der Waals surface area contributed by atoms with Crippen molar-refractivity contribution in [2.45, 2.75) is 45.7 Å².